The Kier molecular flexibility index (Phi) is 6.50. The quantitative estimate of drug-likeness (QED) is 0.427. The zero-order valence-electron chi connectivity index (χ0n) is 16.5. The first-order valence-electron chi connectivity index (χ1n) is 9.28. The lowest BCUT2D eigenvalue weighted by Crippen LogP contribution is -2.38. The lowest BCUT2D eigenvalue weighted by atomic mass is 9.88. The van der Waals surface area contributed by atoms with Crippen molar-refractivity contribution in [3.05, 3.63) is 46.8 Å². The number of aryl methyl sites for hydroxylation is 2. The van der Waals surface area contributed by atoms with E-state index in [1.54, 1.807) is 18.9 Å². The van der Waals surface area contributed by atoms with Crippen LogP contribution in [0.1, 0.15) is 39.9 Å². The van der Waals surface area contributed by atoms with Gasteiger partial charge in [0.05, 0.1) is 7.11 Å². The first kappa shape index (κ1) is 19.8. The number of ether oxygens (including phenoxy) is 1. The highest BCUT2D eigenvalue weighted by molar-refractivity contribution is 7.98. The van der Waals surface area contributed by atoms with Gasteiger partial charge in [0.25, 0.3) is 0 Å². The summed E-state index contributed by atoms with van der Waals surface area (Å²) in [5.41, 5.74) is 3.92. The molecule has 1 fully saturated rings. The molecule has 0 saturated carbocycles. The van der Waals surface area contributed by atoms with Crippen LogP contribution in [0.15, 0.2) is 29.7 Å². The number of piperidine rings is 1. The normalized spacial score (nSPS) is 17.7. The summed E-state index contributed by atoms with van der Waals surface area (Å²) in [6.45, 7) is 6.57. The van der Waals surface area contributed by atoms with Crippen LogP contribution >= 0.6 is 11.8 Å². The standard InChI is InChI=1S/C21H27N3O2S/c1-14-8-18(9-15(2)20(14)26-3)19(25)17-6-5-7-24(13-17)12-16-10-22-21(27-4)23-11-16/h8-11,17H,5-7,12-13H2,1-4H3/t17-/m1/s1. The SMILES string of the molecule is COc1c(C)cc(C(=O)[C@@H]2CCCN(Cc3cnc(SC)nc3)C2)cc1C. The van der Waals surface area contributed by atoms with Crippen molar-refractivity contribution in [2.24, 2.45) is 5.92 Å². The van der Waals surface area contributed by atoms with Gasteiger partial charge < -0.3 is 4.74 Å². The summed E-state index contributed by atoms with van der Waals surface area (Å²) in [4.78, 5) is 24.1. The number of benzene rings is 1. The number of thioether (sulfide) groups is 1. The van der Waals surface area contributed by atoms with Crippen LogP contribution in [0.4, 0.5) is 0 Å². The maximum atomic E-state index is 13.1. The Bertz CT molecular complexity index is 785. The predicted octanol–water partition coefficient (Wildman–Crippen LogP) is 3.92. The second kappa shape index (κ2) is 8.85. The molecule has 1 aliphatic rings. The number of likely N-dealkylation sites (tertiary alicyclic amines) is 1. The monoisotopic (exact) mass is 385 g/mol. The summed E-state index contributed by atoms with van der Waals surface area (Å²) in [5.74, 6) is 1.14. The van der Waals surface area contributed by atoms with Gasteiger partial charge in [0.1, 0.15) is 5.75 Å². The Labute approximate surface area is 165 Å². The van der Waals surface area contributed by atoms with Gasteiger partial charge in [-0.25, -0.2) is 9.97 Å². The molecule has 27 heavy (non-hydrogen) atoms. The number of methoxy groups -OCH3 is 1. The van der Waals surface area contributed by atoms with Gasteiger partial charge in [0, 0.05) is 42.5 Å². The number of hydrogen-bond acceptors (Lipinski definition) is 6. The highest BCUT2D eigenvalue weighted by Crippen LogP contribution is 2.28. The molecule has 0 radical (unpaired) electrons. The zero-order chi connectivity index (χ0) is 19.4. The summed E-state index contributed by atoms with van der Waals surface area (Å²) >= 11 is 1.54. The molecular weight excluding hydrogens is 358 g/mol. The summed E-state index contributed by atoms with van der Waals surface area (Å²) in [6, 6.07) is 3.92. The highest BCUT2D eigenvalue weighted by atomic mass is 32.2. The van der Waals surface area contributed by atoms with Crippen molar-refractivity contribution in [3.63, 3.8) is 0 Å². The fraction of sp³-hybridized carbons (Fsp3) is 0.476. The summed E-state index contributed by atoms with van der Waals surface area (Å²) < 4.78 is 5.42. The molecule has 1 aromatic heterocycles. The fourth-order valence-corrected chi connectivity index (χ4v) is 4.17. The molecule has 6 heteroatoms. The Hall–Kier alpha value is -1.92. The van der Waals surface area contributed by atoms with E-state index in [1.165, 1.54) is 0 Å². The molecule has 1 aromatic carbocycles. The van der Waals surface area contributed by atoms with Crippen LogP contribution in [0, 0.1) is 19.8 Å². The first-order chi connectivity index (χ1) is 13.0. The molecule has 2 aromatic rings. The summed E-state index contributed by atoms with van der Waals surface area (Å²) in [5, 5.41) is 0.788. The topological polar surface area (TPSA) is 55.3 Å². The van der Waals surface area contributed by atoms with Crippen LogP contribution in [0.3, 0.4) is 0 Å². The molecule has 0 aliphatic carbocycles. The molecule has 0 unspecified atom stereocenters. The number of carbonyl (C=O) groups is 1. The minimum Gasteiger partial charge on any atom is -0.496 e. The van der Waals surface area contributed by atoms with Gasteiger partial charge in [0.2, 0.25) is 0 Å². The predicted molar refractivity (Wildman–Crippen MR) is 109 cm³/mol. The molecule has 0 amide bonds. The second-order valence-corrected chi connectivity index (χ2v) is 7.93. The van der Waals surface area contributed by atoms with Crippen LogP contribution in [-0.4, -0.2) is 47.1 Å². The molecule has 0 bridgehead atoms. The van der Waals surface area contributed by atoms with E-state index in [-0.39, 0.29) is 11.7 Å². The van der Waals surface area contributed by atoms with E-state index >= 15 is 0 Å². The van der Waals surface area contributed by atoms with Crippen molar-refractivity contribution < 1.29 is 9.53 Å². The number of carbonyl (C=O) groups excluding carboxylic acids is 1. The Balaban J connectivity index is 1.69. The van der Waals surface area contributed by atoms with Gasteiger partial charge in [-0.3, -0.25) is 9.69 Å². The van der Waals surface area contributed by atoms with Crippen molar-refractivity contribution in [3.8, 4) is 5.75 Å². The van der Waals surface area contributed by atoms with Crippen LogP contribution in [-0.2, 0) is 6.54 Å². The molecule has 1 saturated heterocycles. The molecule has 144 valence electrons. The van der Waals surface area contributed by atoms with Crippen molar-refractivity contribution >= 4 is 17.5 Å². The van der Waals surface area contributed by atoms with Crippen LogP contribution in [0.5, 0.6) is 5.75 Å². The number of nitrogens with zero attached hydrogens (tertiary/aromatic N) is 3. The fourth-order valence-electron chi connectivity index (χ4n) is 3.85. The van der Waals surface area contributed by atoms with Crippen LogP contribution < -0.4 is 4.74 Å². The molecule has 2 heterocycles. The van der Waals surface area contributed by atoms with Crippen LogP contribution in [0.25, 0.3) is 0 Å². The number of rotatable bonds is 6. The number of Topliss-reactive ketones (excluding diaryl/α,β-unsaturated/α-hetero) is 1. The second-order valence-electron chi connectivity index (χ2n) is 7.16. The third kappa shape index (κ3) is 4.68. The number of ketones is 1. The Morgan fingerprint density at radius 3 is 2.52 bits per heavy atom. The average Bonchev–Trinajstić information content (AvgIpc) is 2.68. The van der Waals surface area contributed by atoms with Gasteiger partial charge >= 0.3 is 0 Å². The largest absolute Gasteiger partial charge is 0.496 e. The number of hydrogen-bond donors (Lipinski definition) is 0. The molecule has 1 atom stereocenters. The van der Waals surface area contributed by atoms with Crippen LogP contribution in [0.2, 0.25) is 0 Å². The van der Waals surface area contributed by atoms with E-state index in [4.69, 9.17) is 4.74 Å². The van der Waals surface area contributed by atoms with E-state index < -0.39 is 0 Å². The molecule has 0 N–H and O–H groups in total. The van der Waals surface area contributed by atoms with Crippen molar-refractivity contribution in [2.75, 3.05) is 26.5 Å². The third-order valence-electron chi connectivity index (χ3n) is 5.10. The van der Waals surface area contributed by atoms with Gasteiger partial charge in [-0.05, 0) is 62.7 Å². The van der Waals surface area contributed by atoms with Gasteiger partial charge in [-0.2, -0.15) is 0 Å². The van der Waals surface area contributed by atoms with E-state index in [1.807, 2.05) is 44.6 Å². The minimum absolute atomic E-state index is 0.0392. The Morgan fingerprint density at radius 2 is 1.93 bits per heavy atom. The smallest absolute Gasteiger partial charge is 0.187 e. The zero-order valence-corrected chi connectivity index (χ0v) is 17.3. The minimum atomic E-state index is 0.0392. The molecule has 5 nitrogen and oxygen atoms in total. The molecular formula is C21H27N3O2S. The van der Waals surface area contributed by atoms with Crippen molar-refractivity contribution in [2.45, 2.75) is 38.4 Å². The highest BCUT2D eigenvalue weighted by Gasteiger charge is 2.27. The first-order valence-corrected chi connectivity index (χ1v) is 10.5. The van der Waals surface area contributed by atoms with Crippen molar-refractivity contribution in [1.82, 2.24) is 14.9 Å². The summed E-state index contributed by atoms with van der Waals surface area (Å²) in [6.07, 6.45) is 7.73. The maximum Gasteiger partial charge on any atom is 0.187 e. The lowest BCUT2D eigenvalue weighted by Gasteiger charge is -2.32. The average molecular weight is 386 g/mol. The van der Waals surface area contributed by atoms with E-state index in [2.05, 4.69) is 14.9 Å². The maximum absolute atomic E-state index is 13.1. The third-order valence-corrected chi connectivity index (χ3v) is 5.67. The van der Waals surface area contributed by atoms with Gasteiger partial charge in [-0.1, -0.05) is 11.8 Å². The van der Waals surface area contributed by atoms with E-state index in [9.17, 15) is 4.79 Å². The van der Waals surface area contributed by atoms with Crippen molar-refractivity contribution in [1.29, 1.82) is 0 Å². The van der Waals surface area contributed by atoms with E-state index in [0.717, 1.165) is 65.6 Å². The number of aromatic nitrogens is 2. The molecule has 0 spiro atoms. The summed E-state index contributed by atoms with van der Waals surface area (Å²) in [7, 11) is 1.67. The molecule has 1 aliphatic heterocycles. The Morgan fingerprint density at radius 1 is 1.26 bits per heavy atom. The van der Waals surface area contributed by atoms with Gasteiger partial charge in [0.15, 0.2) is 10.9 Å². The molecule has 3 rings (SSSR count). The van der Waals surface area contributed by atoms with Gasteiger partial charge in [-0.15, -0.1) is 0 Å². The lowest BCUT2D eigenvalue weighted by molar-refractivity contribution is 0.0811. The van der Waals surface area contributed by atoms with E-state index in [0.29, 0.717) is 0 Å².